The Morgan fingerprint density at radius 2 is 2.00 bits per heavy atom. The van der Waals surface area contributed by atoms with Gasteiger partial charge in [-0.2, -0.15) is 0 Å². The maximum absolute atomic E-state index is 13.1. The standard InChI is InChI=1S/C26H34N4O4S/c1-4-29(5-2)14-15-34-21-16-18(10-11-20(21)33-3)28-23(31)12-13-30-17-27-25-24(26(30)32)19-8-6-7-9-22(19)35-25/h10-11,16-17H,4-9,12-15H2,1-3H3,(H,28,31). The first-order valence-electron chi connectivity index (χ1n) is 12.4. The number of ether oxygens (including phenoxy) is 2. The minimum atomic E-state index is -0.177. The molecule has 3 aromatic rings. The fourth-order valence-electron chi connectivity index (χ4n) is 4.48. The molecular formula is C26H34N4O4S. The SMILES string of the molecule is CCN(CC)CCOc1cc(NC(=O)CCn2cnc3sc4c(c3c2=O)CCCC4)ccc1OC. The first-order valence-corrected chi connectivity index (χ1v) is 13.2. The molecule has 0 saturated heterocycles. The number of methoxy groups -OCH3 is 1. The Morgan fingerprint density at radius 1 is 1.20 bits per heavy atom. The molecule has 9 heteroatoms. The van der Waals surface area contributed by atoms with Crippen molar-refractivity contribution in [3.8, 4) is 11.5 Å². The third kappa shape index (κ3) is 5.85. The number of benzene rings is 1. The first-order chi connectivity index (χ1) is 17.0. The van der Waals surface area contributed by atoms with E-state index in [9.17, 15) is 9.59 Å². The van der Waals surface area contributed by atoms with E-state index in [1.807, 2.05) is 0 Å². The zero-order chi connectivity index (χ0) is 24.8. The van der Waals surface area contributed by atoms with Crippen molar-refractivity contribution in [3.63, 3.8) is 0 Å². The molecule has 1 amide bonds. The van der Waals surface area contributed by atoms with E-state index in [4.69, 9.17) is 9.47 Å². The van der Waals surface area contributed by atoms with E-state index >= 15 is 0 Å². The molecule has 1 N–H and O–H groups in total. The van der Waals surface area contributed by atoms with Gasteiger partial charge in [0, 0.05) is 36.1 Å². The van der Waals surface area contributed by atoms with Crippen LogP contribution in [0.3, 0.4) is 0 Å². The van der Waals surface area contributed by atoms with Gasteiger partial charge < -0.3 is 19.7 Å². The van der Waals surface area contributed by atoms with E-state index in [-0.39, 0.29) is 24.4 Å². The highest BCUT2D eigenvalue weighted by atomic mass is 32.1. The smallest absolute Gasteiger partial charge is 0.262 e. The van der Waals surface area contributed by atoms with E-state index < -0.39 is 0 Å². The summed E-state index contributed by atoms with van der Waals surface area (Å²) in [7, 11) is 1.60. The summed E-state index contributed by atoms with van der Waals surface area (Å²) in [6.07, 6.45) is 5.98. The van der Waals surface area contributed by atoms with E-state index in [2.05, 4.69) is 29.0 Å². The molecule has 0 bridgehead atoms. The van der Waals surface area contributed by atoms with E-state index in [0.717, 1.165) is 49.1 Å². The van der Waals surface area contributed by atoms with Crippen LogP contribution in [-0.4, -0.2) is 53.7 Å². The average molecular weight is 499 g/mol. The molecule has 0 fully saturated rings. The quantitative estimate of drug-likeness (QED) is 0.429. The molecule has 0 spiro atoms. The summed E-state index contributed by atoms with van der Waals surface area (Å²) in [6, 6.07) is 5.34. The van der Waals surface area contributed by atoms with Crippen molar-refractivity contribution >= 4 is 33.1 Å². The van der Waals surface area contributed by atoms with Crippen molar-refractivity contribution < 1.29 is 14.3 Å². The Balaban J connectivity index is 1.39. The molecule has 0 radical (unpaired) electrons. The molecule has 4 rings (SSSR count). The summed E-state index contributed by atoms with van der Waals surface area (Å²) < 4.78 is 12.9. The van der Waals surface area contributed by atoms with Crippen molar-refractivity contribution in [2.75, 3.05) is 38.7 Å². The van der Waals surface area contributed by atoms with Gasteiger partial charge in [0.25, 0.3) is 5.56 Å². The lowest BCUT2D eigenvalue weighted by atomic mass is 9.97. The molecule has 0 aliphatic heterocycles. The lowest BCUT2D eigenvalue weighted by molar-refractivity contribution is -0.116. The largest absolute Gasteiger partial charge is 0.493 e. The van der Waals surface area contributed by atoms with Crippen LogP contribution in [0.1, 0.15) is 43.6 Å². The number of aryl methyl sites for hydroxylation is 3. The number of hydrogen-bond acceptors (Lipinski definition) is 7. The van der Waals surface area contributed by atoms with Crippen molar-refractivity contribution in [2.24, 2.45) is 0 Å². The van der Waals surface area contributed by atoms with Crippen LogP contribution in [0, 0.1) is 0 Å². The van der Waals surface area contributed by atoms with Gasteiger partial charge in [0.2, 0.25) is 5.91 Å². The van der Waals surface area contributed by atoms with Gasteiger partial charge in [-0.25, -0.2) is 4.98 Å². The van der Waals surface area contributed by atoms with Crippen LogP contribution < -0.4 is 20.3 Å². The maximum Gasteiger partial charge on any atom is 0.262 e. The van der Waals surface area contributed by atoms with Crippen molar-refractivity contribution in [2.45, 2.75) is 52.5 Å². The van der Waals surface area contributed by atoms with Crippen LogP contribution in [0.15, 0.2) is 29.3 Å². The fourth-order valence-corrected chi connectivity index (χ4v) is 5.70. The second kappa shape index (κ2) is 11.7. The Hall–Kier alpha value is -2.91. The third-order valence-electron chi connectivity index (χ3n) is 6.53. The van der Waals surface area contributed by atoms with Crippen LogP contribution in [-0.2, 0) is 24.2 Å². The number of amides is 1. The number of aromatic nitrogens is 2. The Kier molecular flexibility index (Phi) is 8.41. The maximum atomic E-state index is 13.1. The van der Waals surface area contributed by atoms with Crippen LogP contribution >= 0.6 is 11.3 Å². The van der Waals surface area contributed by atoms with Crippen LogP contribution in [0.25, 0.3) is 10.2 Å². The summed E-state index contributed by atoms with van der Waals surface area (Å²) in [5, 5.41) is 3.65. The Bertz CT molecular complexity index is 1230. The summed E-state index contributed by atoms with van der Waals surface area (Å²) in [6.45, 7) is 7.79. The van der Waals surface area contributed by atoms with Crippen LogP contribution in [0.2, 0.25) is 0 Å². The zero-order valence-corrected chi connectivity index (χ0v) is 21.6. The molecule has 0 atom stereocenters. The Labute approximate surface area is 209 Å². The average Bonchev–Trinajstić information content (AvgIpc) is 3.26. The molecule has 0 saturated carbocycles. The fraction of sp³-hybridized carbons (Fsp3) is 0.500. The highest BCUT2D eigenvalue weighted by Crippen LogP contribution is 2.33. The zero-order valence-electron chi connectivity index (χ0n) is 20.8. The summed E-state index contributed by atoms with van der Waals surface area (Å²) in [4.78, 5) is 34.7. The third-order valence-corrected chi connectivity index (χ3v) is 7.73. The van der Waals surface area contributed by atoms with Crippen LogP contribution in [0.4, 0.5) is 5.69 Å². The molecule has 1 aromatic carbocycles. The number of carbonyl (C=O) groups excluding carboxylic acids is 1. The van der Waals surface area contributed by atoms with Crippen molar-refractivity contribution in [1.29, 1.82) is 0 Å². The minimum absolute atomic E-state index is 0.0458. The van der Waals surface area contributed by atoms with Gasteiger partial charge >= 0.3 is 0 Å². The predicted octanol–water partition coefficient (Wildman–Crippen LogP) is 4.09. The summed E-state index contributed by atoms with van der Waals surface area (Å²) in [5.41, 5.74) is 1.75. The minimum Gasteiger partial charge on any atom is -0.493 e. The van der Waals surface area contributed by atoms with Gasteiger partial charge in [-0.15, -0.1) is 11.3 Å². The number of thiophene rings is 1. The number of anilines is 1. The monoisotopic (exact) mass is 498 g/mol. The lowest BCUT2D eigenvalue weighted by Crippen LogP contribution is -2.28. The molecule has 0 unspecified atom stereocenters. The van der Waals surface area contributed by atoms with E-state index in [1.165, 1.54) is 16.9 Å². The number of nitrogens with one attached hydrogen (secondary N) is 1. The second-order valence-corrected chi connectivity index (χ2v) is 9.76. The topological polar surface area (TPSA) is 85.7 Å². The molecule has 8 nitrogen and oxygen atoms in total. The lowest BCUT2D eigenvalue weighted by Gasteiger charge is -2.19. The molecule has 35 heavy (non-hydrogen) atoms. The molecule has 2 aromatic heterocycles. The molecule has 188 valence electrons. The molecule has 1 aliphatic rings. The highest BCUT2D eigenvalue weighted by molar-refractivity contribution is 7.18. The second-order valence-electron chi connectivity index (χ2n) is 8.67. The molecule has 1 aliphatic carbocycles. The number of fused-ring (bicyclic) bond motifs is 3. The Morgan fingerprint density at radius 3 is 2.77 bits per heavy atom. The summed E-state index contributed by atoms with van der Waals surface area (Å²) >= 11 is 1.63. The predicted molar refractivity (Wildman–Crippen MR) is 140 cm³/mol. The number of carbonyl (C=O) groups is 1. The van der Waals surface area contributed by atoms with Crippen LogP contribution in [0.5, 0.6) is 11.5 Å². The highest BCUT2D eigenvalue weighted by Gasteiger charge is 2.20. The van der Waals surface area contributed by atoms with Gasteiger partial charge in [0.05, 0.1) is 18.8 Å². The van der Waals surface area contributed by atoms with Gasteiger partial charge in [-0.05, 0) is 56.5 Å². The number of likely N-dealkylation sites (N-methyl/N-ethyl adjacent to an activating group) is 1. The van der Waals surface area contributed by atoms with Gasteiger partial charge in [-0.1, -0.05) is 13.8 Å². The van der Waals surface area contributed by atoms with Gasteiger partial charge in [-0.3, -0.25) is 14.2 Å². The van der Waals surface area contributed by atoms with Crippen molar-refractivity contribution in [3.05, 3.63) is 45.3 Å². The van der Waals surface area contributed by atoms with Crippen molar-refractivity contribution in [1.82, 2.24) is 14.5 Å². The summed E-state index contributed by atoms with van der Waals surface area (Å²) in [5.74, 6) is 1.03. The van der Waals surface area contributed by atoms with Gasteiger partial charge in [0.1, 0.15) is 11.4 Å². The first kappa shape index (κ1) is 25.2. The molecular weight excluding hydrogens is 464 g/mol. The number of rotatable bonds is 11. The number of nitrogens with zero attached hydrogens (tertiary/aromatic N) is 3. The van der Waals surface area contributed by atoms with E-state index in [1.54, 1.807) is 47.5 Å². The molecule has 2 heterocycles. The van der Waals surface area contributed by atoms with Gasteiger partial charge in [0.15, 0.2) is 11.5 Å². The van der Waals surface area contributed by atoms with E-state index in [0.29, 0.717) is 23.8 Å². The number of hydrogen-bond donors (Lipinski definition) is 1. The normalized spacial score (nSPS) is 13.1.